The standard InChI is InChI=1S/C15H17N3/c1-11(16)14-7-6-13(10-17-14)18-9-8-12-4-2-3-5-15(12)18/h2-7,10-11H,8-9,16H2,1H3. The van der Waals surface area contributed by atoms with Gasteiger partial charge in [-0.15, -0.1) is 0 Å². The molecule has 1 atom stereocenters. The van der Waals surface area contributed by atoms with Crippen LogP contribution in [-0.4, -0.2) is 11.5 Å². The van der Waals surface area contributed by atoms with Crippen LogP contribution in [-0.2, 0) is 6.42 Å². The quantitative estimate of drug-likeness (QED) is 0.876. The van der Waals surface area contributed by atoms with Crippen LogP contribution in [0.3, 0.4) is 0 Å². The van der Waals surface area contributed by atoms with Crippen LogP contribution >= 0.6 is 0 Å². The second kappa shape index (κ2) is 4.42. The lowest BCUT2D eigenvalue weighted by atomic mass is 10.2. The normalized spacial score (nSPS) is 15.6. The van der Waals surface area contributed by atoms with E-state index in [-0.39, 0.29) is 6.04 Å². The average molecular weight is 239 g/mol. The second-order valence-electron chi connectivity index (χ2n) is 4.76. The van der Waals surface area contributed by atoms with Crippen molar-refractivity contribution in [1.29, 1.82) is 0 Å². The maximum absolute atomic E-state index is 5.82. The summed E-state index contributed by atoms with van der Waals surface area (Å²) in [5.74, 6) is 0. The molecule has 92 valence electrons. The Kier molecular flexibility index (Phi) is 2.76. The zero-order valence-electron chi connectivity index (χ0n) is 10.5. The van der Waals surface area contributed by atoms with E-state index in [0.717, 1.165) is 24.3 Å². The molecular weight excluding hydrogens is 222 g/mol. The molecule has 0 spiro atoms. The van der Waals surface area contributed by atoms with Gasteiger partial charge < -0.3 is 10.6 Å². The van der Waals surface area contributed by atoms with Gasteiger partial charge in [-0.3, -0.25) is 4.98 Å². The van der Waals surface area contributed by atoms with E-state index in [1.807, 2.05) is 19.2 Å². The first-order valence-electron chi connectivity index (χ1n) is 6.32. The molecule has 0 bridgehead atoms. The van der Waals surface area contributed by atoms with Gasteiger partial charge in [-0.25, -0.2) is 0 Å². The minimum Gasteiger partial charge on any atom is -0.340 e. The summed E-state index contributed by atoms with van der Waals surface area (Å²) in [5, 5.41) is 0. The molecule has 1 aromatic carbocycles. The van der Waals surface area contributed by atoms with E-state index in [1.165, 1.54) is 11.3 Å². The molecule has 3 nitrogen and oxygen atoms in total. The van der Waals surface area contributed by atoms with Gasteiger partial charge >= 0.3 is 0 Å². The number of anilines is 2. The van der Waals surface area contributed by atoms with Crippen molar-refractivity contribution in [3.8, 4) is 0 Å². The van der Waals surface area contributed by atoms with E-state index < -0.39 is 0 Å². The molecule has 18 heavy (non-hydrogen) atoms. The molecule has 0 saturated carbocycles. The highest BCUT2D eigenvalue weighted by molar-refractivity contribution is 5.69. The lowest BCUT2D eigenvalue weighted by Crippen LogP contribution is -2.14. The highest BCUT2D eigenvalue weighted by Gasteiger charge is 2.19. The predicted molar refractivity (Wildman–Crippen MR) is 74.0 cm³/mol. The van der Waals surface area contributed by atoms with Gasteiger partial charge in [0, 0.05) is 18.3 Å². The zero-order valence-corrected chi connectivity index (χ0v) is 10.5. The number of pyridine rings is 1. The van der Waals surface area contributed by atoms with Crippen LogP contribution in [0.4, 0.5) is 11.4 Å². The molecule has 0 amide bonds. The number of nitrogens with zero attached hydrogens (tertiary/aromatic N) is 2. The monoisotopic (exact) mass is 239 g/mol. The van der Waals surface area contributed by atoms with Gasteiger partial charge in [-0.2, -0.15) is 0 Å². The van der Waals surface area contributed by atoms with E-state index in [2.05, 4.69) is 40.2 Å². The van der Waals surface area contributed by atoms with Crippen LogP contribution in [0.15, 0.2) is 42.6 Å². The lowest BCUT2D eigenvalue weighted by Gasteiger charge is -2.19. The van der Waals surface area contributed by atoms with Crippen LogP contribution in [0.1, 0.15) is 24.2 Å². The third-order valence-corrected chi connectivity index (χ3v) is 3.44. The number of hydrogen-bond acceptors (Lipinski definition) is 3. The second-order valence-corrected chi connectivity index (χ2v) is 4.76. The van der Waals surface area contributed by atoms with Gasteiger partial charge in [0.05, 0.1) is 17.6 Å². The van der Waals surface area contributed by atoms with Crippen molar-refractivity contribution in [1.82, 2.24) is 4.98 Å². The van der Waals surface area contributed by atoms with Crippen molar-refractivity contribution < 1.29 is 0 Å². The zero-order chi connectivity index (χ0) is 12.5. The Morgan fingerprint density at radius 2 is 2.06 bits per heavy atom. The molecule has 0 fully saturated rings. The van der Waals surface area contributed by atoms with E-state index >= 15 is 0 Å². The summed E-state index contributed by atoms with van der Waals surface area (Å²) in [7, 11) is 0. The molecule has 0 aliphatic carbocycles. The van der Waals surface area contributed by atoms with Gasteiger partial charge in [-0.1, -0.05) is 18.2 Å². The van der Waals surface area contributed by atoms with Crippen molar-refractivity contribution >= 4 is 11.4 Å². The third-order valence-electron chi connectivity index (χ3n) is 3.44. The van der Waals surface area contributed by atoms with Crippen molar-refractivity contribution in [2.75, 3.05) is 11.4 Å². The smallest absolute Gasteiger partial charge is 0.0597 e. The van der Waals surface area contributed by atoms with Crippen molar-refractivity contribution in [2.24, 2.45) is 5.73 Å². The molecule has 3 heteroatoms. The van der Waals surface area contributed by atoms with Crippen molar-refractivity contribution in [3.63, 3.8) is 0 Å². The van der Waals surface area contributed by atoms with Gasteiger partial charge in [0.1, 0.15) is 0 Å². The van der Waals surface area contributed by atoms with Gasteiger partial charge in [0.25, 0.3) is 0 Å². The minimum atomic E-state index is -0.00934. The maximum Gasteiger partial charge on any atom is 0.0597 e. The van der Waals surface area contributed by atoms with Crippen molar-refractivity contribution in [2.45, 2.75) is 19.4 Å². The van der Waals surface area contributed by atoms with Crippen LogP contribution < -0.4 is 10.6 Å². The summed E-state index contributed by atoms with van der Waals surface area (Å²) in [4.78, 5) is 6.74. The summed E-state index contributed by atoms with van der Waals surface area (Å²) >= 11 is 0. The van der Waals surface area contributed by atoms with Crippen LogP contribution in [0, 0.1) is 0 Å². The Bertz CT molecular complexity index is 546. The molecule has 1 aliphatic rings. The fourth-order valence-corrected chi connectivity index (χ4v) is 2.43. The summed E-state index contributed by atoms with van der Waals surface area (Å²) in [6.07, 6.45) is 3.02. The van der Waals surface area contributed by atoms with Crippen molar-refractivity contribution in [3.05, 3.63) is 53.9 Å². The van der Waals surface area contributed by atoms with Gasteiger partial charge in [0.2, 0.25) is 0 Å². The van der Waals surface area contributed by atoms with Crippen LogP contribution in [0.2, 0.25) is 0 Å². The van der Waals surface area contributed by atoms with E-state index in [0.29, 0.717) is 0 Å². The molecule has 0 saturated heterocycles. The first-order chi connectivity index (χ1) is 8.75. The molecule has 3 rings (SSSR count). The van der Waals surface area contributed by atoms with Crippen LogP contribution in [0.25, 0.3) is 0 Å². The van der Waals surface area contributed by atoms with E-state index in [9.17, 15) is 0 Å². The highest BCUT2D eigenvalue weighted by atomic mass is 15.2. The minimum absolute atomic E-state index is 0.00934. The molecule has 2 aromatic rings. The number of para-hydroxylation sites is 1. The Morgan fingerprint density at radius 1 is 1.22 bits per heavy atom. The number of hydrogen-bond donors (Lipinski definition) is 1. The number of fused-ring (bicyclic) bond motifs is 1. The Morgan fingerprint density at radius 3 is 2.78 bits per heavy atom. The first kappa shape index (κ1) is 11.2. The van der Waals surface area contributed by atoms with Gasteiger partial charge in [-0.05, 0) is 37.1 Å². The fraction of sp³-hybridized carbons (Fsp3) is 0.267. The Labute approximate surface area is 107 Å². The van der Waals surface area contributed by atoms with Crippen LogP contribution in [0.5, 0.6) is 0 Å². The average Bonchev–Trinajstić information content (AvgIpc) is 2.82. The molecule has 1 aliphatic heterocycles. The fourth-order valence-electron chi connectivity index (χ4n) is 2.43. The molecule has 1 unspecified atom stereocenters. The molecule has 2 N–H and O–H groups in total. The predicted octanol–water partition coefficient (Wildman–Crippen LogP) is 2.80. The highest BCUT2D eigenvalue weighted by Crippen LogP contribution is 2.33. The number of rotatable bonds is 2. The summed E-state index contributed by atoms with van der Waals surface area (Å²) < 4.78 is 0. The van der Waals surface area contributed by atoms with E-state index in [1.54, 1.807) is 0 Å². The Hall–Kier alpha value is -1.87. The first-order valence-corrected chi connectivity index (χ1v) is 6.32. The SMILES string of the molecule is CC(N)c1ccc(N2CCc3ccccc32)cn1. The molecule has 0 radical (unpaired) electrons. The third kappa shape index (κ3) is 1.87. The largest absolute Gasteiger partial charge is 0.340 e. The summed E-state index contributed by atoms with van der Waals surface area (Å²) in [6.45, 7) is 2.98. The molecular formula is C15H17N3. The van der Waals surface area contributed by atoms with E-state index in [4.69, 9.17) is 5.73 Å². The molecule has 1 aromatic heterocycles. The Balaban J connectivity index is 1.93. The maximum atomic E-state index is 5.82. The topological polar surface area (TPSA) is 42.1 Å². The molecule has 2 heterocycles. The number of benzene rings is 1. The number of nitrogens with two attached hydrogens (primary N) is 1. The van der Waals surface area contributed by atoms with Gasteiger partial charge in [0.15, 0.2) is 0 Å². The lowest BCUT2D eigenvalue weighted by molar-refractivity contribution is 0.780. The summed E-state index contributed by atoms with van der Waals surface area (Å²) in [5.41, 5.74) is 10.6. The number of aromatic nitrogens is 1. The summed E-state index contributed by atoms with van der Waals surface area (Å²) in [6, 6.07) is 12.7.